The largest absolute Gasteiger partial charge is 0.440 e. The van der Waals surface area contributed by atoms with Crippen LogP contribution in [0.25, 0.3) is 10.8 Å². The van der Waals surface area contributed by atoms with Gasteiger partial charge in [-0.15, -0.1) is 11.3 Å². The highest BCUT2D eigenvalue weighted by Crippen LogP contribution is 2.32. The van der Waals surface area contributed by atoms with Crippen molar-refractivity contribution in [3.63, 3.8) is 0 Å². The van der Waals surface area contributed by atoms with Crippen LogP contribution in [0.5, 0.6) is 0 Å². The second kappa shape index (κ2) is 5.52. The Balaban J connectivity index is 1.62. The molecule has 4 rings (SSSR count). The summed E-state index contributed by atoms with van der Waals surface area (Å²) in [5.41, 5.74) is 0.441. The number of morpholine rings is 1. The minimum atomic E-state index is -0.0238. The summed E-state index contributed by atoms with van der Waals surface area (Å²) in [6.07, 6.45) is 3.39. The number of fused-ring (bicyclic) bond motifs is 1. The normalized spacial score (nSPS) is 24.5. The van der Waals surface area contributed by atoms with Gasteiger partial charge in [0.1, 0.15) is 5.76 Å². The topological polar surface area (TPSA) is 55.6 Å². The molecule has 2 aliphatic rings. The Morgan fingerprint density at radius 1 is 1.45 bits per heavy atom. The molecule has 22 heavy (non-hydrogen) atoms. The van der Waals surface area contributed by atoms with Crippen molar-refractivity contribution >= 4 is 17.2 Å². The molecule has 1 aliphatic carbocycles. The average Bonchev–Trinajstić information content (AvgIpc) is 3.25. The molecule has 0 radical (unpaired) electrons. The lowest BCUT2D eigenvalue weighted by molar-refractivity contribution is -0.0447. The van der Waals surface area contributed by atoms with Crippen molar-refractivity contribution < 1.29 is 13.9 Å². The van der Waals surface area contributed by atoms with Crippen LogP contribution in [0.4, 0.5) is 0 Å². The molecule has 1 aliphatic heterocycles. The van der Waals surface area contributed by atoms with Gasteiger partial charge in [-0.05, 0) is 37.6 Å². The summed E-state index contributed by atoms with van der Waals surface area (Å²) in [6, 6.07) is 4.10. The SMILES string of the molecule is Cc1oc(-c2cccs2)nc1C(=O)N1CCO[C@@H]2CCC[C@H]21. The maximum absolute atomic E-state index is 12.9. The lowest BCUT2D eigenvalue weighted by atomic mass is 10.1. The molecule has 2 aromatic rings. The highest BCUT2D eigenvalue weighted by atomic mass is 32.1. The molecule has 0 aromatic carbocycles. The molecule has 0 unspecified atom stereocenters. The van der Waals surface area contributed by atoms with Gasteiger partial charge < -0.3 is 14.1 Å². The van der Waals surface area contributed by atoms with E-state index < -0.39 is 0 Å². The van der Waals surface area contributed by atoms with Crippen molar-refractivity contribution in [2.75, 3.05) is 13.2 Å². The van der Waals surface area contributed by atoms with E-state index in [1.165, 1.54) is 0 Å². The number of hydrogen-bond donors (Lipinski definition) is 0. The van der Waals surface area contributed by atoms with Gasteiger partial charge in [-0.2, -0.15) is 0 Å². The maximum Gasteiger partial charge on any atom is 0.276 e. The zero-order valence-corrected chi connectivity index (χ0v) is 13.3. The third kappa shape index (κ3) is 2.27. The summed E-state index contributed by atoms with van der Waals surface area (Å²) >= 11 is 1.56. The number of nitrogens with zero attached hydrogens (tertiary/aromatic N) is 2. The summed E-state index contributed by atoms with van der Waals surface area (Å²) in [7, 11) is 0. The van der Waals surface area contributed by atoms with Crippen molar-refractivity contribution in [3.05, 3.63) is 29.0 Å². The number of carbonyl (C=O) groups is 1. The lowest BCUT2D eigenvalue weighted by Gasteiger charge is -2.37. The van der Waals surface area contributed by atoms with Gasteiger partial charge >= 0.3 is 0 Å². The fourth-order valence-corrected chi connectivity index (χ4v) is 4.06. The second-order valence-corrected chi connectivity index (χ2v) is 6.75. The number of carbonyl (C=O) groups excluding carboxylic acids is 1. The minimum absolute atomic E-state index is 0.0238. The molecule has 2 atom stereocenters. The Morgan fingerprint density at radius 3 is 3.18 bits per heavy atom. The summed E-state index contributed by atoms with van der Waals surface area (Å²) < 4.78 is 11.5. The standard InChI is InChI=1S/C16H18N2O3S/c1-10-14(17-15(21-10)13-6-3-9-22-13)16(19)18-7-8-20-12-5-2-4-11(12)18/h3,6,9,11-12H,2,4-5,7-8H2,1H3/t11-,12-/m1/s1. The predicted octanol–water partition coefficient (Wildman–Crippen LogP) is 3.11. The first-order chi connectivity index (χ1) is 10.7. The fourth-order valence-electron chi connectivity index (χ4n) is 3.41. The van der Waals surface area contributed by atoms with Gasteiger partial charge in [0.25, 0.3) is 5.91 Å². The molecule has 5 nitrogen and oxygen atoms in total. The first kappa shape index (κ1) is 14.0. The summed E-state index contributed by atoms with van der Waals surface area (Å²) in [4.78, 5) is 20.2. The molecular weight excluding hydrogens is 300 g/mol. The van der Waals surface area contributed by atoms with Gasteiger partial charge in [-0.3, -0.25) is 4.79 Å². The number of oxazole rings is 1. The highest BCUT2D eigenvalue weighted by Gasteiger charge is 2.39. The van der Waals surface area contributed by atoms with Gasteiger partial charge in [0.15, 0.2) is 5.69 Å². The number of aromatic nitrogens is 1. The molecule has 1 saturated carbocycles. The number of aryl methyl sites for hydroxylation is 1. The molecule has 1 amide bonds. The van der Waals surface area contributed by atoms with Crippen LogP contribution in [0.15, 0.2) is 21.9 Å². The van der Waals surface area contributed by atoms with Crippen LogP contribution in [0.2, 0.25) is 0 Å². The number of rotatable bonds is 2. The number of ether oxygens (including phenoxy) is 1. The molecule has 0 N–H and O–H groups in total. The number of thiophene rings is 1. The second-order valence-electron chi connectivity index (χ2n) is 5.81. The summed E-state index contributed by atoms with van der Waals surface area (Å²) in [5.74, 6) is 1.10. The molecule has 0 spiro atoms. The fraction of sp³-hybridized carbons (Fsp3) is 0.500. The molecule has 1 saturated heterocycles. The van der Waals surface area contributed by atoms with Gasteiger partial charge in [0.2, 0.25) is 5.89 Å². The number of amides is 1. The van der Waals surface area contributed by atoms with E-state index in [4.69, 9.17) is 9.15 Å². The van der Waals surface area contributed by atoms with Gasteiger partial charge in [0.05, 0.1) is 23.6 Å². The van der Waals surface area contributed by atoms with Crippen LogP contribution in [-0.2, 0) is 4.74 Å². The van der Waals surface area contributed by atoms with E-state index in [0.29, 0.717) is 30.5 Å². The maximum atomic E-state index is 12.9. The first-order valence-electron chi connectivity index (χ1n) is 7.68. The molecule has 116 valence electrons. The summed E-state index contributed by atoms with van der Waals surface area (Å²) in [6.45, 7) is 3.06. The zero-order valence-electron chi connectivity index (χ0n) is 12.4. The Hall–Kier alpha value is -1.66. The number of hydrogen-bond acceptors (Lipinski definition) is 5. The molecule has 2 aromatic heterocycles. The average molecular weight is 318 g/mol. The van der Waals surface area contributed by atoms with E-state index in [-0.39, 0.29) is 18.1 Å². The van der Waals surface area contributed by atoms with E-state index in [9.17, 15) is 4.79 Å². The molecule has 0 bridgehead atoms. The monoisotopic (exact) mass is 318 g/mol. The van der Waals surface area contributed by atoms with Crippen molar-refractivity contribution in [1.29, 1.82) is 0 Å². The van der Waals surface area contributed by atoms with E-state index >= 15 is 0 Å². The van der Waals surface area contributed by atoms with E-state index in [1.54, 1.807) is 11.3 Å². The van der Waals surface area contributed by atoms with Crippen molar-refractivity contribution in [1.82, 2.24) is 9.88 Å². The van der Waals surface area contributed by atoms with Crippen LogP contribution in [0.1, 0.15) is 35.5 Å². The molecule has 6 heteroatoms. The highest BCUT2D eigenvalue weighted by molar-refractivity contribution is 7.13. The minimum Gasteiger partial charge on any atom is -0.440 e. The Morgan fingerprint density at radius 2 is 2.36 bits per heavy atom. The first-order valence-corrected chi connectivity index (χ1v) is 8.56. The Labute approximate surface area is 132 Å². The molecular formula is C16H18N2O3S. The molecule has 2 fully saturated rings. The third-order valence-corrected chi connectivity index (χ3v) is 5.33. The summed E-state index contributed by atoms with van der Waals surface area (Å²) in [5, 5.41) is 1.97. The Bertz CT molecular complexity index is 680. The Kier molecular flexibility index (Phi) is 3.50. The lowest BCUT2D eigenvalue weighted by Crippen LogP contribution is -2.51. The van der Waals surface area contributed by atoms with Crippen LogP contribution < -0.4 is 0 Å². The van der Waals surface area contributed by atoms with Crippen molar-refractivity contribution in [2.45, 2.75) is 38.3 Å². The van der Waals surface area contributed by atoms with Crippen molar-refractivity contribution in [2.24, 2.45) is 0 Å². The quantitative estimate of drug-likeness (QED) is 0.854. The van der Waals surface area contributed by atoms with E-state index in [0.717, 1.165) is 24.1 Å². The van der Waals surface area contributed by atoms with Crippen LogP contribution >= 0.6 is 11.3 Å². The van der Waals surface area contributed by atoms with E-state index in [2.05, 4.69) is 4.98 Å². The zero-order chi connectivity index (χ0) is 15.1. The van der Waals surface area contributed by atoms with Crippen LogP contribution in [-0.4, -0.2) is 41.1 Å². The van der Waals surface area contributed by atoms with Crippen molar-refractivity contribution in [3.8, 4) is 10.8 Å². The van der Waals surface area contributed by atoms with Crippen LogP contribution in [0.3, 0.4) is 0 Å². The molecule has 3 heterocycles. The van der Waals surface area contributed by atoms with Gasteiger partial charge in [-0.25, -0.2) is 4.98 Å². The predicted molar refractivity (Wildman–Crippen MR) is 83.0 cm³/mol. The van der Waals surface area contributed by atoms with Gasteiger partial charge in [-0.1, -0.05) is 6.07 Å². The van der Waals surface area contributed by atoms with Gasteiger partial charge in [0, 0.05) is 6.54 Å². The van der Waals surface area contributed by atoms with Crippen LogP contribution in [0, 0.1) is 6.92 Å². The smallest absolute Gasteiger partial charge is 0.276 e. The van der Waals surface area contributed by atoms with E-state index in [1.807, 2.05) is 29.3 Å². The third-order valence-electron chi connectivity index (χ3n) is 4.47.